The molecule has 0 aromatic rings. The SMILES string of the molecule is CCCN(CCN=C(NCC)NC1CCC(O)CC1)C(=O)OC(C)(C)C. The maximum Gasteiger partial charge on any atom is 0.410 e. The fourth-order valence-electron chi connectivity index (χ4n) is 2.91. The van der Waals surface area contributed by atoms with E-state index in [4.69, 9.17) is 4.74 Å². The van der Waals surface area contributed by atoms with Gasteiger partial charge in [-0.05, 0) is 59.8 Å². The molecule has 1 saturated carbocycles. The molecule has 0 saturated heterocycles. The van der Waals surface area contributed by atoms with Gasteiger partial charge in [-0.2, -0.15) is 0 Å². The minimum Gasteiger partial charge on any atom is -0.444 e. The Bertz CT molecular complexity index is 441. The average Bonchev–Trinajstić information content (AvgIpc) is 2.54. The largest absolute Gasteiger partial charge is 0.444 e. The fraction of sp³-hybridized carbons (Fsp3) is 0.895. The lowest BCUT2D eigenvalue weighted by molar-refractivity contribution is 0.0256. The first kappa shape index (κ1) is 22.5. The number of carbonyl (C=O) groups is 1. The normalized spacial score (nSPS) is 21.2. The van der Waals surface area contributed by atoms with E-state index in [9.17, 15) is 9.90 Å². The zero-order valence-electron chi connectivity index (χ0n) is 17.2. The van der Waals surface area contributed by atoms with Crippen LogP contribution in [0.3, 0.4) is 0 Å². The molecule has 0 aliphatic heterocycles. The summed E-state index contributed by atoms with van der Waals surface area (Å²) >= 11 is 0. The van der Waals surface area contributed by atoms with Crippen molar-refractivity contribution < 1.29 is 14.6 Å². The lowest BCUT2D eigenvalue weighted by Crippen LogP contribution is -2.45. The van der Waals surface area contributed by atoms with Crippen LogP contribution in [0.4, 0.5) is 4.79 Å². The van der Waals surface area contributed by atoms with Gasteiger partial charge in [0, 0.05) is 25.7 Å². The molecule has 0 atom stereocenters. The van der Waals surface area contributed by atoms with Gasteiger partial charge in [-0.3, -0.25) is 4.99 Å². The van der Waals surface area contributed by atoms with E-state index < -0.39 is 5.60 Å². The molecule has 0 spiro atoms. The summed E-state index contributed by atoms with van der Waals surface area (Å²) in [6.07, 6.45) is 4.00. The van der Waals surface area contributed by atoms with E-state index in [0.29, 0.717) is 25.7 Å². The van der Waals surface area contributed by atoms with Gasteiger partial charge < -0.3 is 25.4 Å². The Balaban J connectivity index is 2.56. The van der Waals surface area contributed by atoms with Crippen molar-refractivity contribution in [1.82, 2.24) is 15.5 Å². The Kier molecular flexibility index (Phi) is 9.76. The number of hydrogen-bond donors (Lipinski definition) is 3. The highest BCUT2D eigenvalue weighted by molar-refractivity contribution is 5.80. The number of rotatable bonds is 7. The smallest absolute Gasteiger partial charge is 0.410 e. The first-order valence-corrected chi connectivity index (χ1v) is 9.96. The van der Waals surface area contributed by atoms with E-state index in [2.05, 4.69) is 15.6 Å². The highest BCUT2D eigenvalue weighted by atomic mass is 16.6. The summed E-state index contributed by atoms with van der Waals surface area (Å²) in [5.41, 5.74) is -0.492. The minimum atomic E-state index is -0.492. The maximum atomic E-state index is 12.3. The van der Waals surface area contributed by atoms with Crippen LogP contribution in [0.5, 0.6) is 0 Å². The van der Waals surface area contributed by atoms with Crippen LogP contribution < -0.4 is 10.6 Å². The molecule has 0 unspecified atom stereocenters. The van der Waals surface area contributed by atoms with Gasteiger partial charge in [0.15, 0.2) is 5.96 Å². The molecular formula is C19H38N4O3. The van der Waals surface area contributed by atoms with Crippen LogP contribution in [-0.4, -0.2) is 66.0 Å². The minimum absolute atomic E-state index is 0.163. The van der Waals surface area contributed by atoms with Crippen LogP contribution in [0.25, 0.3) is 0 Å². The summed E-state index contributed by atoms with van der Waals surface area (Å²) in [7, 11) is 0. The number of hydrogen-bond acceptors (Lipinski definition) is 4. The molecular weight excluding hydrogens is 332 g/mol. The third-order valence-electron chi connectivity index (χ3n) is 4.17. The van der Waals surface area contributed by atoms with Crippen molar-refractivity contribution in [1.29, 1.82) is 0 Å². The summed E-state index contributed by atoms with van der Waals surface area (Å²) in [6, 6.07) is 0.341. The van der Waals surface area contributed by atoms with Gasteiger partial charge in [0.25, 0.3) is 0 Å². The molecule has 26 heavy (non-hydrogen) atoms. The van der Waals surface area contributed by atoms with Gasteiger partial charge >= 0.3 is 6.09 Å². The Hall–Kier alpha value is -1.50. The van der Waals surface area contributed by atoms with E-state index in [1.165, 1.54) is 0 Å². The predicted octanol–water partition coefficient (Wildman–Crippen LogP) is 2.49. The quantitative estimate of drug-likeness (QED) is 0.473. The second-order valence-corrected chi connectivity index (χ2v) is 7.88. The monoisotopic (exact) mass is 370 g/mol. The predicted molar refractivity (Wildman–Crippen MR) is 105 cm³/mol. The van der Waals surface area contributed by atoms with E-state index in [1.807, 2.05) is 34.6 Å². The third kappa shape index (κ3) is 9.27. The first-order valence-electron chi connectivity index (χ1n) is 9.96. The van der Waals surface area contributed by atoms with Gasteiger partial charge in [0.05, 0.1) is 12.6 Å². The Morgan fingerprint density at radius 1 is 1.19 bits per heavy atom. The zero-order valence-corrected chi connectivity index (χ0v) is 17.2. The van der Waals surface area contributed by atoms with Crippen molar-refractivity contribution in [2.75, 3.05) is 26.2 Å². The molecule has 0 heterocycles. The van der Waals surface area contributed by atoms with Gasteiger partial charge in [-0.1, -0.05) is 6.92 Å². The standard InChI is InChI=1S/C19H38N4O3/c1-6-13-23(18(25)26-19(3,4)5)14-12-21-17(20-7-2)22-15-8-10-16(24)11-9-15/h15-16,24H,6-14H2,1-5H3,(H2,20,21,22). The van der Waals surface area contributed by atoms with Gasteiger partial charge in [0.1, 0.15) is 5.60 Å². The Morgan fingerprint density at radius 2 is 1.85 bits per heavy atom. The van der Waals surface area contributed by atoms with Gasteiger partial charge in [-0.25, -0.2) is 4.79 Å². The van der Waals surface area contributed by atoms with Crippen molar-refractivity contribution in [2.24, 2.45) is 4.99 Å². The van der Waals surface area contributed by atoms with Crippen LogP contribution >= 0.6 is 0 Å². The van der Waals surface area contributed by atoms with E-state index in [1.54, 1.807) is 4.90 Å². The summed E-state index contributed by atoms with van der Waals surface area (Å²) in [6.45, 7) is 12.2. The van der Waals surface area contributed by atoms with Crippen molar-refractivity contribution in [3.05, 3.63) is 0 Å². The number of amides is 1. The Morgan fingerprint density at radius 3 is 2.38 bits per heavy atom. The number of nitrogens with zero attached hydrogens (tertiary/aromatic N) is 2. The fourth-order valence-corrected chi connectivity index (χ4v) is 2.91. The number of aliphatic hydroxyl groups excluding tert-OH is 1. The lowest BCUT2D eigenvalue weighted by Gasteiger charge is -2.28. The van der Waals surface area contributed by atoms with Gasteiger partial charge in [0.2, 0.25) is 0 Å². The zero-order chi connectivity index (χ0) is 19.6. The molecule has 0 radical (unpaired) electrons. The molecule has 0 aromatic heterocycles. The highest BCUT2D eigenvalue weighted by Crippen LogP contribution is 2.18. The topological polar surface area (TPSA) is 86.2 Å². The molecule has 152 valence electrons. The Labute approximate surface area is 158 Å². The molecule has 1 aliphatic rings. The van der Waals surface area contributed by atoms with E-state index in [-0.39, 0.29) is 12.2 Å². The van der Waals surface area contributed by atoms with Crippen molar-refractivity contribution >= 4 is 12.1 Å². The van der Waals surface area contributed by atoms with E-state index in [0.717, 1.165) is 44.6 Å². The third-order valence-corrected chi connectivity index (χ3v) is 4.17. The first-order chi connectivity index (χ1) is 12.2. The van der Waals surface area contributed by atoms with Crippen molar-refractivity contribution in [3.8, 4) is 0 Å². The molecule has 1 fully saturated rings. The van der Waals surface area contributed by atoms with Crippen LogP contribution in [0.15, 0.2) is 4.99 Å². The number of aliphatic hydroxyl groups is 1. The maximum absolute atomic E-state index is 12.3. The van der Waals surface area contributed by atoms with Crippen LogP contribution in [-0.2, 0) is 4.74 Å². The average molecular weight is 371 g/mol. The molecule has 7 heteroatoms. The number of aliphatic imine (C=N–C) groups is 1. The molecule has 0 bridgehead atoms. The number of guanidine groups is 1. The summed E-state index contributed by atoms with van der Waals surface area (Å²) < 4.78 is 5.47. The molecule has 1 aliphatic carbocycles. The number of carbonyl (C=O) groups excluding carboxylic acids is 1. The number of nitrogens with one attached hydrogen (secondary N) is 2. The van der Waals surface area contributed by atoms with Crippen molar-refractivity contribution in [3.63, 3.8) is 0 Å². The molecule has 1 amide bonds. The van der Waals surface area contributed by atoms with Gasteiger partial charge in [-0.15, -0.1) is 0 Å². The molecule has 1 rings (SSSR count). The van der Waals surface area contributed by atoms with Crippen LogP contribution in [0.1, 0.15) is 66.7 Å². The summed E-state index contributed by atoms with van der Waals surface area (Å²) in [5, 5.41) is 16.3. The highest BCUT2D eigenvalue weighted by Gasteiger charge is 2.22. The number of ether oxygens (including phenoxy) is 1. The second kappa shape index (κ2) is 11.3. The van der Waals surface area contributed by atoms with Crippen molar-refractivity contribution in [2.45, 2.75) is 84.5 Å². The van der Waals surface area contributed by atoms with Crippen LogP contribution in [0, 0.1) is 0 Å². The summed E-state index contributed by atoms with van der Waals surface area (Å²) in [5.74, 6) is 0.773. The molecule has 7 nitrogen and oxygen atoms in total. The van der Waals surface area contributed by atoms with E-state index >= 15 is 0 Å². The molecule has 3 N–H and O–H groups in total. The summed E-state index contributed by atoms with van der Waals surface area (Å²) in [4.78, 5) is 18.6. The molecule has 0 aromatic carbocycles. The lowest BCUT2D eigenvalue weighted by atomic mass is 9.93. The van der Waals surface area contributed by atoms with Crippen LogP contribution in [0.2, 0.25) is 0 Å². The second-order valence-electron chi connectivity index (χ2n) is 7.88.